The van der Waals surface area contributed by atoms with Crippen LogP contribution < -0.4 is 0 Å². The molecule has 17 heavy (non-hydrogen) atoms. The Hall–Kier alpha value is -1.39. The zero-order valence-corrected chi connectivity index (χ0v) is 10.5. The molecule has 1 fully saturated rings. The molecule has 1 saturated heterocycles. The summed E-state index contributed by atoms with van der Waals surface area (Å²) in [7, 11) is 0. The third-order valence-electron chi connectivity index (χ3n) is 3.10. The van der Waals surface area contributed by atoms with E-state index in [-0.39, 0.29) is 30.6 Å². The number of carboxylic acid groups (broad SMARTS) is 1. The predicted molar refractivity (Wildman–Crippen MR) is 61.2 cm³/mol. The van der Waals surface area contributed by atoms with Gasteiger partial charge >= 0.3 is 5.97 Å². The molecule has 0 aromatic rings. The fourth-order valence-electron chi connectivity index (χ4n) is 2.19. The second-order valence-electron chi connectivity index (χ2n) is 5.34. The first kappa shape index (κ1) is 13.7. The van der Waals surface area contributed by atoms with Gasteiger partial charge in [0.1, 0.15) is 0 Å². The standard InChI is InChI=1S/C12H19NO4/c1-8-6-9(14)13(10(15)7-8)12(2,3)5-4-11(16)17/h8H,4-7H2,1-3H3,(H,16,17). The van der Waals surface area contributed by atoms with E-state index in [2.05, 4.69) is 0 Å². The zero-order chi connectivity index (χ0) is 13.2. The lowest BCUT2D eigenvalue weighted by Gasteiger charge is -2.40. The lowest BCUT2D eigenvalue weighted by Crippen LogP contribution is -2.54. The molecule has 1 rings (SSSR count). The van der Waals surface area contributed by atoms with Gasteiger partial charge in [-0.05, 0) is 26.2 Å². The summed E-state index contributed by atoms with van der Waals surface area (Å²) in [5, 5.41) is 8.66. The van der Waals surface area contributed by atoms with Crippen LogP contribution in [0.5, 0.6) is 0 Å². The number of aliphatic carboxylic acids is 1. The fraction of sp³-hybridized carbons (Fsp3) is 0.750. The van der Waals surface area contributed by atoms with Crippen LogP contribution in [-0.4, -0.2) is 33.3 Å². The number of piperidine rings is 1. The minimum atomic E-state index is -0.914. The van der Waals surface area contributed by atoms with E-state index in [1.807, 2.05) is 6.92 Å². The topological polar surface area (TPSA) is 74.7 Å². The van der Waals surface area contributed by atoms with Crippen molar-refractivity contribution in [3.63, 3.8) is 0 Å². The first-order valence-electron chi connectivity index (χ1n) is 5.81. The molecule has 1 heterocycles. The van der Waals surface area contributed by atoms with Crippen LogP contribution in [0.1, 0.15) is 46.5 Å². The van der Waals surface area contributed by atoms with E-state index in [0.717, 1.165) is 0 Å². The normalized spacial score (nSPS) is 18.6. The van der Waals surface area contributed by atoms with Crippen LogP contribution in [0.3, 0.4) is 0 Å². The van der Waals surface area contributed by atoms with Gasteiger partial charge in [-0.25, -0.2) is 0 Å². The van der Waals surface area contributed by atoms with E-state index in [9.17, 15) is 14.4 Å². The summed E-state index contributed by atoms with van der Waals surface area (Å²) in [6, 6.07) is 0. The zero-order valence-electron chi connectivity index (χ0n) is 10.5. The number of amides is 2. The van der Waals surface area contributed by atoms with Crippen molar-refractivity contribution in [2.45, 2.75) is 52.0 Å². The van der Waals surface area contributed by atoms with E-state index in [0.29, 0.717) is 12.8 Å². The van der Waals surface area contributed by atoms with Crippen molar-refractivity contribution in [3.05, 3.63) is 0 Å². The van der Waals surface area contributed by atoms with E-state index in [1.165, 1.54) is 4.90 Å². The van der Waals surface area contributed by atoms with Gasteiger partial charge in [0.2, 0.25) is 11.8 Å². The van der Waals surface area contributed by atoms with Crippen molar-refractivity contribution in [2.75, 3.05) is 0 Å². The van der Waals surface area contributed by atoms with Gasteiger partial charge in [-0.3, -0.25) is 19.3 Å². The molecule has 0 saturated carbocycles. The Morgan fingerprint density at radius 3 is 2.24 bits per heavy atom. The van der Waals surface area contributed by atoms with Crippen LogP contribution in [0.4, 0.5) is 0 Å². The minimum Gasteiger partial charge on any atom is -0.481 e. The van der Waals surface area contributed by atoms with Crippen LogP contribution in [-0.2, 0) is 14.4 Å². The number of hydrogen-bond acceptors (Lipinski definition) is 3. The van der Waals surface area contributed by atoms with E-state index < -0.39 is 11.5 Å². The van der Waals surface area contributed by atoms with Crippen molar-refractivity contribution in [3.8, 4) is 0 Å². The predicted octanol–water partition coefficient (Wildman–Crippen LogP) is 1.41. The molecule has 0 aromatic carbocycles. The first-order chi connectivity index (χ1) is 7.74. The van der Waals surface area contributed by atoms with Crippen molar-refractivity contribution in [2.24, 2.45) is 5.92 Å². The van der Waals surface area contributed by atoms with Crippen molar-refractivity contribution in [1.29, 1.82) is 0 Å². The quantitative estimate of drug-likeness (QED) is 0.755. The Balaban J connectivity index is 2.78. The molecule has 0 atom stereocenters. The number of rotatable bonds is 4. The van der Waals surface area contributed by atoms with Crippen LogP contribution in [0.2, 0.25) is 0 Å². The van der Waals surface area contributed by atoms with Crippen molar-refractivity contribution < 1.29 is 19.5 Å². The maximum Gasteiger partial charge on any atom is 0.303 e. The van der Waals surface area contributed by atoms with Crippen LogP contribution in [0.25, 0.3) is 0 Å². The molecule has 1 aliphatic heterocycles. The Bertz CT molecular complexity index is 330. The van der Waals surface area contributed by atoms with Gasteiger partial charge in [0, 0.05) is 24.8 Å². The van der Waals surface area contributed by atoms with Crippen molar-refractivity contribution in [1.82, 2.24) is 4.90 Å². The molecule has 5 nitrogen and oxygen atoms in total. The fourth-order valence-corrected chi connectivity index (χ4v) is 2.19. The highest BCUT2D eigenvalue weighted by Gasteiger charge is 2.39. The van der Waals surface area contributed by atoms with Crippen LogP contribution in [0, 0.1) is 5.92 Å². The summed E-state index contributed by atoms with van der Waals surface area (Å²) in [5.41, 5.74) is -0.716. The Kier molecular flexibility index (Phi) is 3.91. The molecule has 5 heteroatoms. The second kappa shape index (κ2) is 4.85. The molecular formula is C12H19NO4. The summed E-state index contributed by atoms with van der Waals surface area (Å²) in [6.45, 7) is 5.35. The molecule has 1 aliphatic rings. The van der Waals surface area contributed by atoms with Crippen LogP contribution in [0.15, 0.2) is 0 Å². The number of hydrogen-bond donors (Lipinski definition) is 1. The van der Waals surface area contributed by atoms with E-state index in [4.69, 9.17) is 5.11 Å². The lowest BCUT2D eigenvalue weighted by molar-refractivity contribution is -0.157. The van der Waals surface area contributed by atoms with Crippen molar-refractivity contribution >= 4 is 17.8 Å². The first-order valence-corrected chi connectivity index (χ1v) is 5.81. The molecule has 0 radical (unpaired) electrons. The van der Waals surface area contributed by atoms with Gasteiger partial charge in [0.05, 0.1) is 0 Å². The van der Waals surface area contributed by atoms with E-state index in [1.54, 1.807) is 13.8 Å². The summed E-state index contributed by atoms with van der Waals surface area (Å²) >= 11 is 0. The molecule has 0 bridgehead atoms. The average Bonchev–Trinajstić information content (AvgIpc) is 2.12. The summed E-state index contributed by atoms with van der Waals surface area (Å²) in [6.07, 6.45) is 0.971. The number of carboxylic acids is 1. The highest BCUT2D eigenvalue weighted by molar-refractivity contribution is 5.98. The van der Waals surface area contributed by atoms with Gasteiger partial charge in [0.15, 0.2) is 0 Å². The van der Waals surface area contributed by atoms with Gasteiger partial charge in [-0.2, -0.15) is 0 Å². The molecular weight excluding hydrogens is 222 g/mol. The third-order valence-corrected chi connectivity index (χ3v) is 3.10. The third kappa shape index (κ3) is 3.28. The second-order valence-corrected chi connectivity index (χ2v) is 5.34. The highest BCUT2D eigenvalue weighted by Crippen LogP contribution is 2.28. The summed E-state index contributed by atoms with van der Waals surface area (Å²) < 4.78 is 0. The molecule has 0 unspecified atom stereocenters. The monoisotopic (exact) mass is 241 g/mol. The Labute approximate surface area is 101 Å². The molecule has 2 amide bonds. The number of imide groups is 1. The highest BCUT2D eigenvalue weighted by atomic mass is 16.4. The molecule has 96 valence electrons. The number of carbonyl (C=O) groups excluding carboxylic acids is 2. The maximum atomic E-state index is 11.9. The van der Waals surface area contributed by atoms with Gasteiger partial charge in [-0.15, -0.1) is 0 Å². The smallest absolute Gasteiger partial charge is 0.303 e. The number of likely N-dealkylation sites (tertiary alicyclic amines) is 1. The molecule has 1 N–H and O–H groups in total. The van der Waals surface area contributed by atoms with E-state index >= 15 is 0 Å². The molecule has 0 spiro atoms. The lowest BCUT2D eigenvalue weighted by atomic mass is 9.89. The SMILES string of the molecule is CC1CC(=O)N(C(C)(C)CCC(=O)O)C(=O)C1. The number of carbonyl (C=O) groups is 3. The minimum absolute atomic E-state index is 0.0421. The van der Waals surface area contributed by atoms with Gasteiger partial charge in [0.25, 0.3) is 0 Å². The molecule has 0 aromatic heterocycles. The largest absolute Gasteiger partial charge is 0.481 e. The summed E-state index contributed by atoms with van der Waals surface area (Å²) in [5.74, 6) is -1.21. The Morgan fingerprint density at radius 1 is 1.35 bits per heavy atom. The number of nitrogens with zero attached hydrogens (tertiary/aromatic N) is 1. The average molecular weight is 241 g/mol. The summed E-state index contributed by atoms with van der Waals surface area (Å²) in [4.78, 5) is 35.5. The molecule has 0 aliphatic carbocycles. The van der Waals surface area contributed by atoms with Gasteiger partial charge < -0.3 is 5.11 Å². The maximum absolute atomic E-state index is 11.9. The van der Waals surface area contributed by atoms with Gasteiger partial charge in [-0.1, -0.05) is 6.92 Å². The Morgan fingerprint density at radius 2 is 1.82 bits per heavy atom. The van der Waals surface area contributed by atoms with Crippen LogP contribution >= 0.6 is 0 Å².